The second-order valence-corrected chi connectivity index (χ2v) is 5.00. The first-order valence-corrected chi connectivity index (χ1v) is 6.41. The van der Waals surface area contributed by atoms with Crippen LogP contribution in [0.2, 0.25) is 0 Å². The molecule has 0 unspecified atom stereocenters. The lowest BCUT2D eigenvalue weighted by atomic mass is 10.0. The van der Waals surface area contributed by atoms with E-state index in [9.17, 15) is 8.78 Å². The van der Waals surface area contributed by atoms with E-state index in [1.807, 2.05) is 36.6 Å². The van der Waals surface area contributed by atoms with Crippen LogP contribution in [0, 0.1) is 25.5 Å². The molecule has 0 amide bonds. The van der Waals surface area contributed by atoms with Crippen LogP contribution in [-0.2, 0) is 6.54 Å². The molecule has 1 heterocycles. The molecule has 0 atom stereocenters. The summed E-state index contributed by atoms with van der Waals surface area (Å²) in [6.07, 6.45) is 1.62. The van der Waals surface area contributed by atoms with Crippen LogP contribution >= 0.6 is 0 Å². The van der Waals surface area contributed by atoms with E-state index in [1.54, 1.807) is 6.33 Å². The Morgan fingerprint density at radius 3 is 2.40 bits per heavy atom. The molecular formula is C16H14F2N2. The van der Waals surface area contributed by atoms with Crippen molar-refractivity contribution in [1.29, 1.82) is 0 Å². The van der Waals surface area contributed by atoms with Crippen molar-refractivity contribution in [2.45, 2.75) is 20.4 Å². The lowest BCUT2D eigenvalue weighted by Crippen LogP contribution is -2.02. The van der Waals surface area contributed by atoms with Crippen LogP contribution in [0.1, 0.15) is 16.7 Å². The van der Waals surface area contributed by atoms with Gasteiger partial charge in [0.1, 0.15) is 0 Å². The zero-order chi connectivity index (χ0) is 14.3. The molecule has 0 bridgehead atoms. The number of rotatable bonds is 2. The molecule has 0 fully saturated rings. The fraction of sp³-hybridized carbons (Fsp3) is 0.188. The summed E-state index contributed by atoms with van der Waals surface area (Å²) in [5, 5.41) is 0. The molecule has 0 aliphatic heterocycles. The van der Waals surface area contributed by atoms with Gasteiger partial charge < -0.3 is 4.57 Å². The summed E-state index contributed by atoms with van der Waals surface area (Å²) < 4.78 is 28.4. The first-order chi connectivity index (χ1) is 9.56. The summed E-state index contributed by atoms with van der Waals surface area (Å²) in [4.78, 5) is 4.13. The third-order valence-electron chi connectivity index (χ3n) is 3.64. The molecule has 4 heteroatoms. The van der Waals surface area contributed by atoms with E-state index in [1.165, 1.54) is 22.8 Å². The number of hydrogen-bond donors (Lipinski definition) is 0. The molecule has 1 aromatic heterocycles. The monoisotopic (exact) mass is 272 g/mol. The maximum atomic E-state index is 13.4. The Labute approximate surface area is 115 Å². The molecule has 20 heavy (non-hydrogen) atoms. The quantitative estimate of drug-likeness (QED) is 0.690. The fourth-order valence-corrected chi connectivity index (χ4v) is 2.45. The van der Waals surface area contributed by atoms with E-state index >= 15 is 0 Å². The summed E-state index contributed by atoms with van der Waals surface area (Å²) >= 11 is 0. The normalized spacial score (nSPS) is 11.2. The largest absolute Gasteiger partial charge is 0.326 e. The van der Waals surface area contributed by atoms with Crippen molar-refractivity contribution in [3.63, 3.8) is 0 Å². The Balaban J connectivity index is 2.10. The standard InChI is InChI=1S/C16H14F2N2/c1-10-4-3-5-11(2)12(10)8-20-9-19-15-6-13(17)14(18)7-16(15)20/h3-7,9H,8H2,1-2H3. The predicted octanol–water partition coefficient (Wildman–Crippen LogP) is 3.98. The minimum Gasteiger partial charge on any atom is -0.326 e. The molecule has 0 aliphatic carbocycles. The second kappa shape index (κ2) is 4.71. The zero-order valence-electron chi connectivity index (χ0n) is 11.3. The third kappa shape index (κ3) is 2.07. The maximum absolute atomic E-state index is 13.4. The van der Waals surface area contributed by atoms with Crippen LogP contribution in [0.15, 0.2) is 36.7 Å². The molecule has 102 valence electrons. The van der Waals surface area contributed by atoms with Crippen molar-refractivity contribution in [2.75, 3.05) is 0 Å². The van der Waals surface area contributed by atoms with Crippen LogP contribution in [0.5, 0.6) is 0 Å². The van der Waals surface area contributed by atoms with Crippen molar-refractivity contribution in [2.24, 2.45) is 0 Å². The Hall–Kier alpha value is -2.23. The predicted molar refractivity (Wildman–Crippen MR) is 74.7 cm³/mol. The summed E-state index contributed by atoms with van der Waals surface area (Å²) in [7, 11) is 0. The number of benzene rings is 2. The van der Waals surface area contributed by atoms with E-state index in [4.69, 9.17) is 0 Å². The van der Waals surface area contributed by atoms with Crippen LogP contribution in [0.25, 0.3) is 11.0 Å². The lowest BCUT2D eigenvalue weighted by molar-refractivity contribution is 0.510. The highest BCUT2D eigenvalue weighted by atomic mass is 19.2. The first kappa shape index (κ1) is 12.8. The average Bonchev–Trinajstić information content (AvgIpc) is 2.77. The van der Waals surface area contributed by atoms with E-state index in [0.29, 0.717) is 17.6 Å². The molecule has 0 aliphatic rings. The van der Waals surface area contributed by atoms with Gasteiger partial charge in [-0.15, -0.1) is 0 Å². The SMILES string of the molecule is Cc1cccc(C)c1Cn1cnc2cc(F)c(F)cc21. The van der Waals surface area contributed by atoms with Gasteiger partial charge in [-0.25, -0.2) is 13.8 Å². The molecule has 0 radical (unpaired) electrons. The highest BCUT2D eigenvalue weighted by Gasteiger charge is 2.10. The molecule has 2 nitrogen and oxygen atoms in total. The van der Waals surface area contributed by atoms with Crippen molar-refractivity contribution in [1.82, 2.24) is 9.55 Å². The molecule has 0 saturated heterocycles. The molecule has 3 rings (SSSR count). The topological polar surface area (TPSA) is 17.8 Å². The molecule has 0 saturated carbocycles. The van der Waals surface area contributed by atoms with Gasteiger partial charge in [0, 0.05) is 18.7 Å². The highest BCUT2D eigenvalue weighted by Crippen LogP contribution is 2.21. The van der Waals surface area contributed by atoms with Gasteiger partial charge >= 0.3 is 0 Å². The lowest BCUT2D eigenvalue weighted by Gasteiger charge is -2.11. The number of aromatic nitrogens is 2. The molecule has 0 N–H and O–H groups in total. The molecule has 3 aromatic rings. The second-order valence-electron chi connectivity index (χ2n) is 5.00. The summed E-state index contributed by atoms with van der Waals surface area (Å²) in [5.41, 5.74) is 4.60. The van der Waals surface area contributed by atoms with Crippen LogP contribution < -0.4 is 0 Å². The number of aryl methyl sites for hydroxylation is 2. The zero-order valence-corrected chi connectivity index (χ0v) is 11.3. The minimum atomic E-state index is -0.866. The summed E-state index contributed by atoms with van der Waals surface area (Å²) in [6.45, 7) is 4.68. The van der Waals surface area contributed by atoms with E-state index < -0.39 is 11.6 Å². The van der Waals surface area contributed by atoms with Gasteiger partial charge in [-0.2, -0.15) is 0 Å². The van der Waals surface area contributed by atoms with Crippen molar-refractivity contribution in [3.05, 3.63) is 65.0 Å². The summed E-state index contributed by atoms with van der Waals surface area (Å²) in [6, 6.07) is 8.43. The molecular weight excluding hydrogens is 258 g/mol. The van der Waals surface area contributed by atoms with Crippen LogP contribution in [-0.4, -0.2) is 9.55 Å². The van der Waals surface area contributed by atoms with Crippen molar-refractivity contribution in [3.8, 4) is 0 Å². The van der Waals surface area contributed by atoms with Gasteiger partial charge in [0.15, 0.2) is 11.6 Å². The van der Waals surface area contributed by atoms with Gasteiger partial charge in [0.25, 0.3) is 0 Å². The Kier molecular flexibility index (Phi) is 3.01. The number of nitrogens with zero attached hydrogens (tertiary/aromatic N) is 2. The fourth-order valence-electron chi connectivity index (χ4n) is 2.45. The number of hydrogen-bond acceptors (Lipinski definition) is 1. The van der Waals surface area contributed by atoms with E-state index in [2.05, 4.69) is 4.98 Å². The van der Waals surface area contributed by atoms with Crippen LogP contribution in [0.4, 0.5) is 8.78 Å². The molecule has 2 aromatic carbocycles. The number of halogens is 2. The highest BCUT2D eigenvalue weighted by molar-refractivity contribution is 5.75. The van der Waals surface area contributed by atoms with Crippen LogP contribution in [0.3, 0.4) is 0 Å². The van der Waals surface area contributed by atoms with Gasteiger partial charge in [-0.05, 0) is 30.5 Å². The Morgan fingerprint density at radius 1 is 1.05 bits per heavy atom. The van der Waals surface area contributed by atoms with E-state index in [0.717, 1.165) is 6.07 Å². The van der Waals surface area contributed by atoms with Crippen molar-refractivity contribution >= 4 is 11.0 Å². The van der Waals surface area contributed by atoms with E-state index in [-0.39, 0.29) is 0 Å². The third-order valence-corrected chi connectivity index (χ3v) is 3.64. The maximum Gasteiger partial charge on any atom is 0.161 e. The summed E-state index contributed by atoms with van der Waals surface area (Å²) in [5.74, 6) is -1.71. The Bertz CT molecular complexity index is 770. The van der Waals surface area contributed by atoms with Gasteiger partial charge in [-0.3, -0.25) is 0 Å². The van der Waals surface area contributed by atoms with Gasteiger partial charge in [0.2, 0.25) is 0 Å². The number of fused-ring (bicyclic) bond motifs is 1. The molecule has 0 spiro atoms. The average molecular weight is 272 g/mol. The Morgan fingerprint density at radius 2 is 1.70 bits per heavy atom. The van der Waals surface area contributed by atoms with Gasteiger partial charge in [-0.1, -0.05) is 18.2 Å². The van der Waals surface area contributed by atoms with Crippen molar-refractivity contribution < 1.29 is 8.78 Å². The first-order valence-electron chi connectivity index (χ1n) is 6.41. The minimum absolute atomic E-state index is 0.468. The number of imidazole rings is 1. The smallest absolute Gasteiger partial charge is 0.161 e. The van der Waals surface area contributed by atoms with Gasteiger partial charge in [0.05, 0.1) is 17.4 Å².